The van der Waals surface area contributed by atoms with Crippen LogP contribution in [0.4, 0.5) is 0 Å². The number of hydrogen-bond acceptors (Lipinski definition) is 1. The van der Waals surface area contributed by atoms with Gasteiger partial charge in [0, 0.05) is 12.1 Å². The van der Waals surface area contributed by atoms with E-state index in [0.717, 1.165) is 6.04 Å². The van der Waals surface area contributed by atoms with E-state index in [1.54, 1.807) is 11.1 Å². The molecule has 2 heterocycles. The highest BCUT2D eigenvalue weighted by molar-refractivity contribution is 5.94. The highest BCUT2D eigenvalue weighted by atomic mass is 15.2. The van der Waals surface area contributed by atoms with Crippen molar-refractivity contribution in [2.75, 3.05) is 7.05 Å². The van der Waals surface area contributed by atoms with E-state index >= 15 is 0 Å². The van der Waals surface area contributed by atoms with Gasteiger partial charge in [0.05, 0.1) is 0 Å². The third-order valence-electron chi connectivity index (χ3n) is 5.15. The monoisotopic (exact) mass is 275 g/mol. The predicted octanol–water partition coefficient (Wildman–Crippen LogP) is 4.46. The Morgan fingerprint density at radius 2 is 1.43 bits per heavy atom. The van der Waals surface area contributed by atoms with E-state index in [4.69, 9.17) is 0 Å². The molecule has 4 rings (SSSR count). The first kappa shape index (κ1) is 12.8. The normalized spacial score (nSPS) is 25.4. The van der Waals surface area contributed by atoms with Gasteiger partial charge in [-0.15, -0.1) is 0 Å². The van der Waals surface area contributed by atoms with Crippen molar-refractivity contribution in [1.29, 1.82) is 0 Å². The zero-order valence-electron chi connectivity index (χ0n) is 12.5. The summed E-state index contributed by atoms with van der Waals surface area (Å²) in [6.07, 6.45) is 3.80. The second-order valence-corrected chi connectivity index (χ2v) is 6.24. The molecule has 1 heteroatoms. The van der Waals surface area contributed by atoms with Crippen LogP contribution >= 0.6 is 0 Å². The van der Waals surface area contributed by atoms with Crippen LogP contribution in [0, 0.1) is 0 Å². The van der Waals surface area contributed by atoms with E-state index in [1.165, 1.54) is 30.4 Å². The molecule has 0 unspecified atom stereocenters. The first-order valence-corrected chi connectivity index (χ1v) is 7.90. The van der Waals surface area contributed by atoms with Gasteiger partial charge in [-0.3, -0.25) is 4.90 Å². The summed E-state index contributed by atoms with van der Waals surface area (Å²) < 4.78 is 0. The lowest BCUT2D eigenvalue weighted by molar-refractivity contribution is 0.271. The molecule has 1 nitrogen and oxygen atoms in total. The van der Waals surface area contributed by atoms with E-state index in [1.807, 2.05) is 0 Å². The largest absolute Gasteiger partial charge is 0.296 e. The first-order valence-electron chi connectivity index (χ1n) is 7.90. The molecule has 2 aromatic carbocycles. The maximum Gasteiger partial charge on any atom is 0.0357 e. The van der Waals surface area contributed by atoms with E-state index in [-0.39, 0.29) is 0 Å². The molecular formula is C20H21N. The molecule has 0 aliphatic carbocycles. The standard InChI is InChI=1S/C20H21N/c1-21-17-12-13-19(21)20(16-10-6-3-7-11-16)18(14-17)15-8-4-2-5-9-15/h2-11,17,19H,12-14H2,1H3/t17-,19-/m0/s1. The summed E-state index contributed by atoms with van der Waals surface area (Å²) >= 11 is 0. The zero-order valence-corrected chi connectivity index (χ0v) is 12.5. The minimum atomic E-state index is 0.585. The van der Waals surface area contributed by atoms with Crippen molar-refractivity contribution in [3.8, 4) is 0 Å². The quantitative estimate of drug-likeness (QED) is 0.782. The number of nitrogens with zero attached hydrogens (tertiary/aromatic N) is 1. The maximum atomic E-state index is 2.59. The molecule has 2 aliphatic heterocycles. The van der Waals surface area contributed by atoms with Crippen molar-refractivity contribution in [3.63, 3.8) is 0 Å². The van der Waals surface area contributed by atoms with Crippen LogP contribution in [0.3, 0.4) is 0 Å². The van der Waals surface area contributed by atoms with Crippen molar-refractivity contribution in [2.24, 2.45) is 0 Å². The minimum absolute atomic E-state index is 0.585. The molecule has 2 atom stereocenters. The van der Waals surface area contributed by atoms with Gasteiger partial charge >= 0.3 is 0 Å². The van der Waals surface area contributed by atoms with Crippen molar-refractivity contribution < 1.29 is 0 Å². The average molecular weight is 275 g/mol. The summed E-state index contributed by atoms with van der Waals surface area (Å²) in [7, 11) is 2.30. The third-order valence-corrected chi connectivity index (χ3v) is 5.15. The first-order chi connectivity index (χ1) is 10.3. The van der Waals surface area contributed by atoms with E-state index < -0.39 is 0 Å². The molecule has 0 N–H and O–H groups in total. The summed E-state index contributed by atoms with van der Waals surface area (Å²) in [5, 5.41) is 0. The van der Waals surface area contributed by atoms with Crippen molar-refractivity contribution in [2.45, 2.75) is 31.3 Å². The smallest absolute Gasteiger partial charge is 0.0357 e. The van der Waals surface area contributed by atoms with Crippen LogP contribution in [0.25, 0.3) is 11.1 Å². The fourth-order valence-corrected chi connectivity index (χ4v) is 4.05. The summed E-state index contributed by atoms with van der Waals surface area (Å²) in [4.78, 5) is 2.59. The van der Waals surface area contributed by atoms with Gasteiger partial charge in [0.15, 0.2) is 0 Å². The van der Waals surface area contributed by atoms with Crippen LogP contribution in [0.5, 0.6) is 0 Å². The molecule has 0 saturated carbocycles. The number of rotatable bonds is 2. The molecule has 1 saturated heterocycles. The SMILES string of the molecule is CN1[C@H]2CC[C@H]1C(c1ccccc1)=C(c1ccccc1)C2. The summed E-state index contributed by atoms with van der Waals surface area (Å²) in [5.41, 5.74) is 5.92. The molecule has 0 spiro atoms. The van der Waals surface area contributed by atoms with Crippen LogP contribution < -0.4 is 0 Å². The number of fused-ring (bicyclic) bond motifs is 2. The molecule has 0 radical (unpaired) electrons. The van der Waals surface area contributed by atoms with E-state index in [2.05, 4.69) is 72.6 Å². The molecule has 106 valence electrons. The lowest BCUT2D eigenvalue weighted by atomic mass is 9.85. The Balaban J connectivity index is 1.91. The Kier molecular flexibility index (Phi) is 3.16. The van der Waals surface area contributed by atoms with Gasteiger partial charge in [0.25, 0.3) is 0 Å². The number of benzene rings is 2. The molecular weight excluding hydrogens is 254 g/mol. The second kappa shape index (κ2) is 5.16. The van der Waals surface area contributed by atoms with E-state index in [0.29, 0.717) is 6.04 Å². The van der Waals surface area contributed by atoms with Crippen molar-refractivity contribution in [1.82, 2.24) is 4.90 Å². The van der Waals surface area contributed by atoms with Crippen LogP contribution in [0.15, 0.2) is 60.7 Å². The lowest BCUT2D eigenvalue weighted by Crippen LogP contribution is -2.37. The molecule has 21 heavy (non-hydrogen) atoms. The minimum Gasteiger partial charge on any atom is -0.296 e. The molecule has 1 fully saturated rings. The summed E-state index contributed by atoms with van der Waals surface area (Å²) in [5.74, 6) is 0. The Morgan fingerprint density at radius 3 is 2.10 bits per heavy atom. The fourth-order valence-electron chi connectivity index (χ4n) is 4.05. The Hall–Kier alpha value is -1.86. The van der Waals surface area contributed by atoms with Gasteiger partial charge in [0.2, 0.25) is 0 Å². The van der Waals surface area contributed by atoms with Gasteiger partial charge in [-0.2, -0.15) is 0 Å². The third kappa shape index (κ3) is 2.13. The van der Waals surface area contributed by atoms with Crippen LogP contribution in [-0.4, -0.2) is 24.0 Å². The van der Waals surface area contributed by atoms with Gasteiger partial charge in [0.1, 0.15) is 0 Å². The highest BCUT2D eigenvalue weighted by Crippen LogP contribution is 2.45. The Morgan fingerprint density at radius 1 is 0.810 bits per heavy atom. The van der Waals surface area contributed by atoms with Gasteiger partial charge in [-0.1, -0.05) is 60.7 Å². The molecule has 2 aromatic rings. The van der Waals surface area contributed by atoms with Crippen LogP contribution in [-0.2, 0) is 0 Å². The van der Waals surface area contributed by atoms with Crippen LogP contribution in [0.2, 0.25) is 0 Å². The summed E-state index contributed by atoms with van der Waals surface area (Å²) in [6.45, 7) is 0. The zero-order chi connectivity index (χ0) is 14.2. The average Bonchev–Trinajstić information content (AvgIpc) is 2.79. The molecule has 2 bridgehead atoms. The Labute approximate surface area is 126 Å². The summed E-state index contributed by atoms with van der Waals surface area (Å²) in [6, 6.07) is 23.2. The topological polar surface area (TPSA) is 3.24 Å². The Bertz CT molecular complexity index is 657. The molecule has 0 amide bonds. The lowest BCUT2D eigenvalue weighted by Gasteiger charge is -2.36. The number of likely N-dealkylation sites (N-methyl/N-ethyl adjacent to an activating group) is 1. The molecule has 2 aliphatic rings. The van der Waals surface area contributed by atoms with Gasteiger partial charge in [-0.05, 0) is 48.6 Å². The van der Waals surface area contributed by atoms with E-state index in [9.17, 15) is 0 Å². The van der Waals surface area contributed by atoms with Gasteiger partial charge < -0.3 is 0 Å². The van der Waals surface area contributed by atoms with Crippen molar-refractivity contribution in [3.05, 3.63) is 71.8 Å². The van der Waals surface area contributed by atoms with Crippen LogP contribution in [0.1, 0.15) is 30.4 Å². The highest BCUT2D eigenvalue weighted by Gasteiger charge is 2.39. The number of hydrogen-bond donors (Lipinski definition) is 0. The maximum absolute atomic E-state index is 2.59. The molecule has 0 aromatic heterocycles. The predicted molar refractivity (Wildman–Crippen MR) is 88.9 cm³/mol. The van der Waals surface area contributed by atoms with Gasteiger partial charge in [-0.25, -0.2) is 0 Å². The van der Waals surface area contributed by atoms with Crippen molar-refractivity contribution >= 4 is 11.1 Å². The second-order valence-electron chi connectivity index (χ2n) is 6.24. The fraction of sp³-hybridized carbons (Fsp3) is 0.300.